The molecule has 0 aromatic carbocycles. The van der Waals surface area contributed by atoms with Gasteiger partial charge in [0.05, 0.1) is 37.7 Å². The summed E-state index contributed by atoms with van der Waals surface area (Å²) in [6.07, 6.45) is 5.96. The number of anilines is 2. The lowest BCUT2D eigenvalue weighted by atomic mass is 9.94. The Morgan fingerprint density at radius 2 is 2.05 bits per heavy atom. The van der Waals surface area contributed by atoms with E-state index in [1.165, 1.54) is 19.3 Å². The molecule has 0 spiro atoms. The van der Waals surface area contributed by atoms with E-state index in [1.54, 1.807) is 0 Å². The van der Waals surface area contributed by atoms with E-state index in [1.807, 2.05) is 28.9 Å². The van der Waals surface area contributed by atoms with Gasteiger partial charge in [0.2, 0.25) is 0 Å². The SMILES string of the molecule is CC1CCCC(C)[N+]1(C)CCNc1nn2ccccc2c1N. The third kappa shape index (κ3) is 2.54. The molecule has 1 aliphatic heterocycles. The zero-order valence-corrected chi connectivity index (χ0v) is 13.9. The summed E-state index contributed by atoms with van der Waals surface area (Å²) < 4.78 is 2.97. The summed E-state index contributed by atoms with van der Waals surface area (Å²) in [6, 6.07) is 7.40. The van der Waals surface area contributed by atoms with Crippen LogP contribution in [-0.2, 0) is 0 Å². The van der Waals surface area contributed by atoms with Crippen LogP contribution in [0.2, 0.25) is 0 Å². The minimum Gasteiger partial charge on any atom is -0.394 e. The second kappa shape index (κ2) is 5.80. The van der Waals surface area contributed by atoms with Gasteiger partial charge in [-0.3, -0.25) is 0 Å². The van der Waals surface area contributed by atoms with Gasteiger partial charge in [-0.2, -0.15) is 0 Å². The molecule has 0 amide bonds. The number of hydrogen-bond donors (Lipinski definition) is 2. The number of hydrogen-bond acceptors (Lipinski definition) is 3. The lowest BCUT2D eigenvalue weighted by Gasteiger charge is -2.48. The fourth-order valence-electron chi connectivity index (χ4n) is 3.74. The molecule has 5 heteroatoms. The highest BCUT2D eigenvalue weighted by atomic mass is 15.4. The maximum absolute atomic E-state index is 6.19. The highest BCUT2D eigenvalue weighted by Crippen LogP contribution is 2.29. The normalized spacial score (nSPS) is 28.9. The molecule has 22 heavy (non-hydrogen) atoms. The fourth-order valence-corrected chi connectivity index (χ4v) is 3.74. The summed E-state index contributed by atoms with van der Waals surface area (Å²) in [5.41, 5.74) is 7.90. The van der Waals surface area contributed by atoms with Gasteiger partial charge in [0.15, 0.2) is 5.82 Å². The molecule has 0 aliphatic carbocycles. The zero-order chi connectivity index (χ0) is 15.7. The number of nitrogens with one attached hydrogen (secondary N) is 1. The molecular weight excluding hydrogens is 274 g/mol. The number of quaternary nitrogens is 1. The zero-order valence-electron chi connectivity index (χ0n) is 13.9. The first-order valence-electron chi connectivity index (χ1n) is 8.34. The summed E-state index contributed by atoms with van der Waals surface area (Å²) in [6.45, 7) is 6.78. The van der Waals surface area contributed by atoms with Gasteiger partial charge in [-0.1, -0.05) is 6.07 Å². The van der Waals surface area contributed by atoms with Crippen molar-refractivity contribution in [3.05, 3.63) is 24.4 Å². The van der Waals surface area contributed by atoms with E-state index in [-0.39, 0.29) is 0 Å². The summed E-state index contributed by atoms with van der Waals surface area (Å²) in [5, 5.41) is 7.97. The van der Waals surface area contributed by atoms with Crippen molar-refractivity contribution in [1.82, 2.24) is 9.61 Å². The van der Waals surface area contributed by atoms with Gasteiger partial charge in [0.1, 0.15) is 5.69 Å². The van der Waals surface area contributed by atoms with Crippen LogP contribution in [0.15, 0.2) is 24.4 Å². The summed E-state index contributed by atoms with van der Waals surface area (Å²) in [5.74, 6) is 0.801. The quantitative estimate of drug-likeness (QED) is 0.854. The molecule has 0 bridgehead atoms. The van der Waals surface area contributed by atoms with E-state index < -0.39 is 0 Å². The topological polar surface area (TPSA) is 55.4 Å². The van der Waals surface area contributed by atoms with Crippen LogP contribution >= 0.6 is 0 Å². The van der Waals surface area contributed by atoms with E-state index in [4.69, 9.17) is 5.73 Å². The molecule has 5 nitrogen and oxygen atoms in total. The number of likely N-dealkylation sites (N-methyl/N-ethyl adjacent to an activating group) is 1. The molecule has 2 unspecified atom stereocenters. The minimum atomic E-state index is 0.726. The van der Waals surface area contributed by atoms with E-state index >= 15 is 0 Å². The second-order valence-electron chi connectivity index (χ2n) is 6.92. The van der Waals surface area contributed by atoms with Gasteiger partial charge in [0.25, 0.3) is 0 Å². The van der Waals surface area contributed by atoms with E-state index in [0.29, 0.717) is 0 Å². The molecule has 2 aromatic rings. The maximum Gasteiger partial charge on any atom is 0.172 e. The Bertz CT molecular complexity index is 638. The number of pyridine rings is 1. The van der Waals surface area contributed by atoms with Crippen LogP contribution in [0.5, 0.6) is 0 Å². The lowest BCUT2D eigenvalue weighted by molar-refractivity contribution is -0.956. The minimum absolute atomic E-state index is 0.726. The van der Waals surface area contributed by atoms with Crippen molar-refractivity contribution in [2.45, 2.75) is 45.2 Å². The van der Waals surface area contributed by atoms with Crippen LogP contribution in [-0.4, -0.2) is 46.3 Å². The van der Waals surface area contributed by atoms with Gasteiger partial charge >= 0.3 is 0 Å². The molecule has 120 valence electrons. The Kier molecular flexibility index (Phi) is 4.00. The Morgan fingerprint density at radius 3 is 2.73 bits per heavy atom. The summed E-state index contributed by atoms with van der Waals surface area (Å²) >= 11 is 0. The first-order valence-corrected chi connectivity index (χ1v) is 8.34. The average molecular weight is 302 g/mol. The van der Waals surface area contributed by atoms with Crippen molar-refractivity contribution < 1.29 is 4.48 Å². The van der Waals surface area contributed by atoms with Crippen LogP contribution in [0.3, 0.4) is 0 Å². The van der Waals surface area contributed by atoms with Crippen LogP contribution in [0, 0.1) is 0 Å². The molecule has 3 N–H and O–H groups in total. The molecule has 3 rings (SSSR count). The highest BCUT2D eigenvalue weighted by molar-refractivity contribution is 5.80. The predicted molar refractivity (Wildman–Crippen MR) is 91.9 cm³/mol. The molecule has 0 saturated carbocycles. The van der Waals surface area contributed by atoms with Gasteiger partial charge in [-0.15, -0.1) is 5.10 Å². The number of nitrogen functional groups attached to an aromatic ring is 1. The number of fused-ring (bicyclic) bond motifs is 1. The third-order valence-corrected chi connectivity index (χ3v) is 5.72. The predicted octanol–water partition coefficient (Wildman–Crippen LogP) is 2.74. The largest absolute Gasteiger partial charge is 0.394 e. The summed E-state index contributed by atoms with van der Waals surface area (Å²) in [4.78, 5) is 0. The molecule has 2 aromatic heterocycles. The number of aromatic nitrogens is 2. The van der Waals surface area contributed by atoms with Crippen LogP contribution < -0.4 is 11.1 Å². The maximum atomic E-state index is 6.19. The monoisotopic (exact) mass is 302 g/mol. The van der Waals surface area contributed by atoms with Gasteiger partial charge in [-0.05, 0) is 45.2 Å². The fraction of sp³-hybridized carbons (Fsp3) is 0.588. The van der Waals surface area contributed by atoms with E-state index in [9.17, 15) is 0 Å². The number of nitrogens with two attached hydrogens (primary N) is 1. The van der Waals surface area contributed by atoms with Crippen LogP contribution in [0.1, 0.15) is 33.1 Å². The molecule has 0 radical (unpaired) electrons. The Balaban J connectivity index is 1.68. The first-order chi connectivity index (χ1) is 10.5. The Hall–Kier alpha value is -1.75. The van der Waals surface area contributed by atoms with Gasteiger partial charge < -0.3 is 15.5 Å². The molecule has 1 fully saturated rings. The second-order valence-corrected chi connectivity index (χ2v) is 6.92. The smallest absolute Gasteiger partial charge is 0.172 e. The Morgan fingerprint density at radius 1 is 1.32 bits per heavy atom. The molecule has 1 saturated heterocycles. The van der Waals surface area contributed by atoms with Crippen molar-refractivity contribution in [2.24, 2.45) is 0 Å². The van der Waals surface area contributed by atoms with Crippen molar-refractivity contribution in [1.29, 1.82) is 0 Å². The number of piperidine rings is 1. The van der Waals surface area contributed by atoms with Crippen LogP contribution in [0.25, 0.3) is 5.52 Å². The van der Waals surface area contributed by atoms with Crippen molar-refractivity contribution in [3.63, 3.8) is 0 Å². The number of rotatable bonds is 4. The van der Waals surface area contributed by atoms with Gasteiger partial charge in [0, 0.05) is 6.20 Å². The van der Waals surface area contributed by atoms with Crippen molar-refractivity contribution in [3.8, 4) is 0 Å². The first kappa shape index (κ1) is 15.2. The third-order valence-electron chi connectivity index (χ3n) is 5.72. The van der Waals surface area contributed by atoms with Crippen molar-refractivity contribution >= 4 is 17.0 Å². The number of nitrogens with zero attached hydrogens (tertiary/aromatic N) is 3. The van der Waals surface area contributed by atoms with Crippen molar-refractivity contribution in [2.75, 3.05) is 31.2 Å². The molecular formula is C17H28N5+. The Labute approximate surface area is 132 Å². The highest BCUT2D eigenvalue weighted by Gasteiger charge is 2.37. The standard InChI is InChI=1S/C17H28N5/c1-13-7-6-8-14(2)22(13,3)12-10-19-17-16(18)15-9-4-5-11-21(15)20-17/h4-5,9,11,13-14H,6-8,10,12,18H2,1-3H3,(H,19,20)/q+1. The average Bonchev–Trinajstić information content (AvgIpc) is 2.82. The molecule has 1 aliphatic rings. The van der Waals surface area contributed by atoms with E-state index in [0.717, 1.165) is 46.7 Å². The lowest BCUT2D eigenvalue weighted by Crippen LogP contribution is -2.60. The molecule has 2 atom stereocenters. The number of likely N-dealkylation sites (tertiary alicyclic amines) is 1. The van der Waals surface area contributed by atoms with E-state index in [2.05, 4.69) is 31.3 Å². The van der Waals surface area contributed by atoms with Gasteiger partial charge in [-0.25, -0.2) is 4.52 Å². The summed E-state index contributed by atoms with van der Waals surface area (Å²) in [7, 11) is 2.39. The van der Waals surface area contributed by atoms with Crippen LogP contribution in [0.4, 0.5) is 11.5 Å². The molecule has 3 heterocycles.